The van der Waals surface area contributed by atoms with Crippen LogP contribution in [0.5, 0.6) is 0 Å². The van der Waals surface area contributed by atoms with E-state index in [0.29, 0.717) is 0 Å². The van der Waals surface area contributed by atoms with E-state index in [0.717, 1.165) is 0 Å². The van der Waals surface area contributed by atoms with Crippen molar-refractivity contribution in [1.29, 1.82) is 0 Å². The molecule has 1 heterocycles. The van der Waals surface area contributed by atoms with E-state index in [1.165, 1.54) is 10.8 Å². The molecule has 0 aliphatic carbocycles. The van der Waals surface area contributed by atoms with E-state index in [1.54, 1.807) is 22.6 Å². The molecule has 0 radical (unpaired) electrons. The predicted octanol–water partition coefficient (Wildman–Crippen LogP) is 0.966. The van der Waals surface area contributed by atoms with Crippen molar-refractivity contribution in [1.82, 2.24) is 0 Å². The van der Waals surface area contributed by atoms with Gasteiger partial charge in [0, 0.05) is 0 Å². The third-order valence-electron chi connectivity index (χ3n) is 0.973. The molecule has 46 valence electrons. The highest BCUT2D eigenvalue weighted by molar-refractivity contribution is 8.33. The summed E-state index contributed by atoms with van der Waals surface area (Å²) in [6.07, 6.45) is 3.32. The van der Waals surface area contributed by atoms with Crippen molar-refractivity contribution in [2.75, 3.05) is 0 Å². The van der Waals surface area contributed by atoms with Gasteiger partial charge < -0.3 is 0 Å². The number of hydrogen-bond acceptors (Lipinski definition) is 2. The average Bonchev–Trinajstić information content (AvgIpc) is 2.36. The summed E-state index contributed by atoms with van der Waals surface area (Å²) < 4.78 is 0. The Kier molecular flexibility index (Phi) is 1.41. The molecule has 3 heteroatoms. The molecule has 0 aromatic heterocycles. The van der Waals surface area contributed by atoms with E-state index in [9.17, 15) is 9.59 Å². The van der Waals surface area contributed by atoms with Crippen LogP contribution in [0.2, 0.25) is 0 Å². The van der Waals surface area contributed by atoms with E-state index in [4.69, 9.17) is 0 Å². The SMILES string of the molecule is O=C=S1(=C=O)C=CC=C1. The quantitative estimate of drug-likeness (QED) is 0.470. The minimum absolute atomic E-state index is 1.53. The van der Waals surface area contributed by atoms with Gasteiger partial charge >= 0.3 is 0 Å². The second-order valence-corrected chi connectivity index (χ2v) is 3.83. The van der Waals surface area contributed by atoms with Gasteiger partial charge in [0.25, 0.3) is 0 Å². The first-order valence-electron chi connectivity index (χ1n) is 2.29. The van der Waals surface area contributed by atoms with E-state index < -0.39 is 9.21 Å². The van der Waals surface area contributed by atoms with Gasteiger partial charge in [-0.25, -0.2) is 9.59 Å². The van der Waals surface area contributed by atoms with Crippen LogP contribution < -0.4 is 0 Å². The third-order valence-corrected chi connectivity index (χ3v) is 2.70. The zero-order valence-electron chi connectivity index (χ0n) is 4.53. The largest absolute Gasteiger partial charge is 0.226 e. The van der Waals surface area contributed by atoms with Gasteiger partial charge in [0.15, 0.2) is 10.5 Å². The van der Waals surface area contributed by atoms with Crippen molar-refractivity contribution in [3.05, 3.63) is 23.0 Å². The van der Waals surface area contributed by atoms with Gasteiger partial charge in [-0.05, 0) is 20.0 Å². The van der Waals surface area contributed by atoms with Crippen molar-refractivity contribution in [3.63, 3.8) is 0 Å². The average molecular weight is 140 g/mol. The van der Waals surface area contributed by atoms with Crippen molar-refractivity contribution in [2.45, 2.75) is 0 Å². The highest BCUT2D eigenvalue weighted by atomic mass is 32.2. The van der Waals surface area contributed by atoms with E-state index >= 15 is 0 Å². The minimum Gasteiger partial charge on any atom is -0.226 e. The molecule has 0 unspecified atom stereocenters. The number of carbonyl (C=O) groups excluding carboxylic acids is 2. The zero-order valence-corrected chi connectivity index (χ0v) is 5.35. The molecule has 2 nitrogen and oxygen atoms in total. The van der Waals surface area contributed by atoms with Crippen LogP contribution in [0.15, 0.2) is 23.0 Å². The van der Waals surface area contributed by atoms with Crippen LogP contribution in [0, 0.1) is 0 Å². The Hall–Kier alpha value is -1.01. The fourth-order valence-electron chi connectivity index (χ4n) is 0.512. The molecule has 0 N–H and O–H groups in total. The van der Waals surface area contributed by atoms with Crippen LogP contribution in [0.25, 0.3) is 0 Å². The monoisotopic (exact) mass is 140 g/mol. The summed E-state index contributed by atoms with van der Waals surface area (Å²) in [5.41, 5.74) is 0. The molecule has 1 aliphatic rings. The minimum atomic E-state index is -2.01. The Morgan fingerprint density at radius 3 is 1.67 bits per heavy atom. The lowest BCUT2D eigenvalue weighted by molar-refractivity contribution is 0.570. The molecule has 0 aromatic carbocycles. The Morgan fingerprint density at radius 2 is 1.44 bits per heavy atom. The molecule has 1 aliphatic heterocycles. The Balaban J connectivity index is 3.68. The van der Waals surface area contributed by atoms with Crippen LogP contribution in [0.4, 0.5) is 0 Å². The summed E-state index contributed by atoms with van der Waals surface area (Å²) in [5, 5.41) is 6.40. The van der Waals surface area contributed by atoms with Gasteiger partial charge in [0.2, 0.25) is 0 Å². The molecule has 0 atom stereocenters. The second-order valence-electron chi connectivity index (χ2n) is 1.53. The van der Waals surface area contributed by atoms with E-state index in [2.05, 4.69) is 0 Å². The lowest BCUT2D eigenvalue weighted by atomic mass is 10.6. The molecule has 0 bridgehead atoms. The Bertz CT molecular complexity index is 292. The molecule has 0 aromatic rings. The molecule has 1 rings (SSSR count). The van der Waals surface area contributed by atoms with Crippen LogP contribution in [-0.4, -0.2) is 10.5 Å². The summed E-state index contributed by atoms with van der Waals surface area (Å²) in [4.78, 5) is 20.2. The fraction of sp³-hybridized carbons (Fsp3) is 0. The fourth-order valence-corrected chi connectivity index (χ4v) is 1.54. The van der Waals surface area contributed by atoms with Crippen molar-refractivity contribution in [3.8, 4) is 0 Å². The molecule has 0 saturated heterocycles. The topological polar surface area (TPSA) is 34.1 Å². The summed E-state index contributed by atoms with van der Waals surface area (Å²) in [6.45, 7) is 0. The first-order valence-corrected chi connectivity index (χ1v) is 4.05. The molecule has 0 saturated carbocycles. The van der Waals surface area contributed by atoms with E-state index in [1.807, 2.05) is 0 Å². The first-order chi connectivity index (χ1) is 4.33. The maximum Gasteiger partial charge on any atom is 0.168 e. The lowest BCUT2D eigenvalue weighted by Crippen LogP contribution is -1.61. The van der Waals surface area contributed by atoms with Gasteiger partial charge in [-0.15, -0.1) is 0 Å². The molecule has 9 heavy (non-hydrogen) atoms. The van der Waals surface area contributed by atoms with Crippen LogP contribution >= 0.6 is 9.21 Å². The highest BCUT2D eigenvalue weighted by Crippen LogP contribution is 2.28. The van der Waals surface area contributed by atoms with Gasteiger partial charge in [-0.1, -0.05) is 12.2 Å². The molecule has 0 fully saturated rings. The maximum atomic E-state index is 10.1. The number of allylic oxidation sites excluding steroid dienone is 2. The second kappa shape index (κ2) is 2.08. The van der Waals surface area contributed by atoms with E-state index in [-0.39, 0.29) is 0 Å². The summed E-state index contributed by atoms with van der Waals surface area (Å²) in [7, 11) is -2.01. The molecular formula is C6H4O2S. The predicted molar refractivity (Wildman–Crippen MR) is 37.3 cm³/mol. The zero-order chi connectivity index (χ0) is 6.74. The van der Waals surface area contributed by atoms with Crippen molar-refractivity contribution >= 4 is 19.7 Å². The standard InChI is InChI=1S/C6H4O2S/c7-5-9(6-8)3-1-2-4-9/h1-4H. The highest BCUT2D eigenvalue weighted by Gasteiger charge is 1.97. The number of rotatable bonds is 0. The molecule has 0 spiro atoms. The first kappa shape index (κ1) is 6.12. The van der Waals surface area contributed by atoms with Crippen LogP contribution in [0.1, 0.15) is 0 Å². The van der Waals surface area contributed by atoms with Crippen molar-refractivity contribution < 1.29 is 9.59 Å². The van der Waals surface area contributed by atoms with Crippen LogP contribution in [0.3, 0.4) is 0 Å². The van der Waals surface area contributed by atoms with Gasteiger partial charge in [0.05, 0.1) is 0 Å². The van der Waals surface area contributed by atoms with Gasteiger partial charge in [0.1, 0.15) is 0 Å². The normalized spacial score (nSPS) is 19.1. The Labute approximate surface area is 53.0 Å². The van der Waals surface area contributed by atoms with Crippen molar-refractivity contribution in [2.24, 2.45) is 0 Å². The third kappa shape index (κ3) is 0.889. The van der Waals surface area contributed by atoms with Gasteiger partial charge in [-0.3, -0.25) is 0 Å². The smallest absolute Gasteiger partial charge is 0.168 e. The summed E-state index contributed by atoms with van der Waals surface area (Å²) >= 11 is 0. The number of hydrogen-bond donors (Lipinski definition) is 0. The van der Waals surface area contributed by atoms with Crippen LogP contribution in [-0.2, 0) is 9.59 Å². The molecular weight excluding hydrogens is 136 g/mol. The van der Waals surface area contributed by atoms with Gasteiger partial charge in [-0.2, -0.15) is 0 Å². The summed E-state index contributed by atoms with van der Waals surface area (Å²) in [5.74, 6) is 0. The summed E-state index contributed by atoms with van der Waals surface area (Å²) in [6, 6.07) is 0. The Morgan fingerprint density at radius 1 is 1.00 bits per heavy atom. The molecule has 0 amide bonds. The lowest BCUT2D eigenvalue weighted by Gasteiger charge is -1.83. The maximum absolute atomic E-state index is 10.1.